The summed E-state index contributed by atoms with van der Waals surface area (Å²) in [5.74, 6) is -1.08. The fourth-order valence-electron chi connectivity index (χ4n) is 1.73. The van der Waals surface area contributed by atoms with E-state index in [1.807, 2.05) is 6.92 Å². The van der Waals surface area contributed by atoms with E-state index in [0.29, 0.717) is 17.9 Å². The van der Waals surface area contributed by atoms with Gasteiger partial charge in [-0.15, -0.1) is 0 Å². The van der Waals surface area contributed by atoms with E-state index in [4.69, 9.17) is 9.47 Å². The Morgan fingerprint density at radius 2 is 1.87 bits per heavy atom. The van der Waals surface area contributed by atoms with Gasteiger partial charge in [-0.25, -0.2) is 0 Å². The van der Waals surface area contributed by atoms with Crippen molar-refractivity contribution in [1.29, 1.82) is 0 Å². The molecule has 1 aromatic rings. The Kier molecular flexibility index (Phi) is 8.20. The third-order valence-corrected chi connectivity index (χ3v) is 2.96. The molecule has 0 aliphatic carbocycles. The Labute approximate surface area is 135 Å². The van der Waals surface area contributed by atoms with Gasteiger partial charge < -0.3 is 20.1 Å². The second kappa shape index (κ2) is 10.2. The third-order valence-electron chi connectivity index (χ3n) is 2.96. The van der Waals surface area contributed by atoms with Crippen LogP contribution in [0.3, 0.4) is 0 Å². The summed E-state index contributed by atoms with van der Waals surface area (Å²) < 4.78 is 9.85. The van der Waals surface area contributed by atoms with Crippen molar-refractivity contribution >= 4 is 17.8 Å². The third kappa shape index (κ3) is 6.82. The first-order chi connectivity index (χ1) is 11.1. The Morgan fingerprint density at radius 3 is 2.57 bits per heavy atom. The summed E-state index contributed by atoms with van der Waals surface area (Å²) in [7, 11) is 1.46. The average molecular weight is 322 g/mol. The quantitative estimate of drug-likeness (QED) is 0.520. The minimum Gasteiger partial charge on any atom is -0.496 e. The molecule has 2 N–H and O–H groups in total. The molecule has 0 aromatic heterocycles. The highest BCUT2D eigenvalue weighted by molar-refractivity contribution is 5.98. The van der Waals surface area contributed by atoms with E-state index in [0.717, 1.165) is 12.8 Å². The van der Waals surface area contributed by atoms with E-state index >= 15 is 0 Å². The summed E-state index contributed by atoms with van der Waals surface area (Å²) in [6, 6.07) is 6.66. The first-order valence-corrected chi connectivity index (χ1v) is 7.42. The second-order valence-corrected chi connectivity index (χ2v) is 4.75. The van der Waals surface area contributed by atoms with Gasteiger partial charge in [0.15, 0.2) is 6.61 Å². The molecule has 1 rings (SSSR count). The van der Waals surface area contributed by atoms with E-state index in [9.17, 15) is 14.4 Å². The minimum atomic E-state index is -0.682. The average Bonchev–Trinajstić information content (AvgIpc) is 2.58. The molecule has 0 spiro atoms. The lowest BCUT2D eigenvalue weighted by atomic mass is 10.2. The van der Waals surface area contributed by atoms with Crippen LogP contribution in [0.15, 0.2) is 24.3 Å². The maximum absolute atomic E-state index is 12.0. The highest BCUT2D eigenvalue weighted by Crippen LogP contribution is 2.16. The van der Waals surface area contributed by atoms with Crippen molar-refractivity contribution in [2.24, 2.45) is 0 Å². The zero-order chi connectivity index (χ0) is 17.1. The van der Waals surface area contributed by atoms with Gasteiger partial charge >= 0.3 is 5.97 Å². The fraction of sp³-hybridized carbons (Fsp3) is 0.438. The molecule has 0 saturated heterocycles. The van der Waals surface area contributed by atoms with Crippen LogP contribution in [0.5, 0.6) is 5.75 Å². The first kappa shape index (κ1) is 18.5. The molecule has 0 atom stereocenters. The molecule has 0 aliphatic rings. The summed E-state index contributed by atoms with van der Waals surface area (Å²) in [5, 5.41) is 5.05. The van der Waals surface area contributed by atoms with Crippen LogP contribution in [0.4, 0.5) is 0 Å². The highest BCUT2D eigenvalue weighted by atomic mass is 16.5. The minimum absolute atomic E-state index is 0.320. The van der Waals surface area contributed by atoms with Gasteiger partial charge in [0.2, 0.25) is 0 Å². The Balaban J connectivity index is 2.33. The molecule has 7 heteroatoms. The SMILES string of the molecule is CCCCNC(=O)COC(=O)CNC(=O)c1ccccc1OC. The van der Waals surface area contributed by atoms with Crippen molar-refractivity contribution in [3.05, 3.63) is 29.8 Å². The molecule has 0 fully saturated rings. The molecule has 0 bridgehead atoms. The molecule has 0 aliphatic heterocycles. The van der Waals surface area contributed by atoms with Gasteiger partial charge in [0.05, 0.1) is 12.7 Å². The number of unbranched alkanes of at least 4 members (excludes halogenated alkanes) is 1. The van der Waals surface area contributed by atoms with Crippen LogP contribution < -0.4 is 15.4 Å². The predicted molar refractivity (Wildman–Crippen MR) is 84.2 cm³/mol. The van der Waals surface area contributed by atoms with Crippen LogP contribution in [0, 0.1) is 0 Å². The number of hydrogen-bond acceptors (Lipinski definition) is 5. The van der Waals surface area contributed by atoms with Crippen molar-refractivity contribution in [3.8, 4) is 5.75 Å². The van der Waals surface area contributed by atoms with Crippen LogP contribution in [0.25, 0.3) is 0 Å². The van der Waals surface area contributed by atoms with Crippen molar-refractivity contribution < 1.29 is 23.9 Å². The summed E-state index contributed by atoms with van der Waals surface area (Å²) in [5.41, 5.74) is 0.320. The summed E-state index contributed by atoms with van der Waals surface area (Å²) in [4.78, 5) is 34.9. The van der Waals surface area contributed by atoms with E-state index in [2.05, 4.69) is 10.6 Å². The molecule has 0 saturated carbocycles. The lowest BCUT2D eigenvalue weighted by Crippen LogP contribution is -2.34. The zero-order valence-electron chi connectivity index (χ0n) is 13.4. The Morgan fingerprint density at radius 1 is 1.13 bits per heavy atom. The number of rotatable bonds is 9. The number of esters is 1. The van der Waals surface area contributed by atoms with Crippen LogP contribution in [-0.4, -0.2) is 44.6 Å². The van der Waals surface area contributed by atoms with Crippen molar-refractivity contribution in [2.45, 2.75) is 19.8 Å². The smallest absolute Gasteiger partial charge is 0.325 e. The second-order valence-electron chi connectivity index (χ2n) is 4.75. The number of nitrogens with one attached hydrogen (secondary N) is 2. The van der Waals surface area contributed by atoms with Gasteiger partial charge in [0, 0.05) is 6.54 Å². The number of methoxy groups -OCH3 is 1. The lowest BCUT2D eigenvalue weighted by Gasteiger charge is -2.09. The maximum Gasteiger partial charge on any atom is 0.325 e. The number of benzene rings is 1. The van der Waals surface area contributed by atoms with E-state index < -0.39 is 11.9 Å². The van der Waals surface area contributed by atoms with Crippen LogP contribution in [-0.2, 0) is 14.3 Å². The van der Waals surface area contributed by atoms with Gasteiger partial charge in [-0.3, -0.25) is 14.4 Å². The molecule has 1 aromatic carbocycles. The van der Waals surface area contributed by atoms with E-state index in [-0.39, 0.29) is 19.1 Å². The first-order valence-electron chi connectivity index (χ1n) is 7.42. The van der Waals surface area contributed by atoms with Crippen LogP contribution in [0.1, 0.15) is 30.1 Å². The highest BCUT2D eigenvalue weighted by Gasteiger charge is 2.13. The molecular formula is C16H22N2O5. The molecule has 0 heterocycles. The van der Waals surface area contributed by atoms with Crippen LogP contribution in [0.2, 0.25) is 0 Å². The summed E-state index contributed by atoms with van der Waals surface area (Å²) in [6.45, 7) is 1.89. The van der Waals surface area contributed by atoms with E-state index in [1.54, 1.807) is 24.3 Å². The van der Waals surface area contributed by atoms with Crippen molar-refractivity contribution in [2.75, 3.05) is 26.8 Å². The van der Waals surface area contributed by atoms with Crippen LogP contribution >= 0.6 is 0 Å². The predicted octanol–water partition coefficient (Wildman–Crippen LogP) is 0.885. The Hall–Kier alpha value is -2.57. The number of amides is 2. The summed E-state index contributed by atoms with van der Waals surface area (Å²) >= 11 is 0. The lowest BCUT2D eigenvalue weighted by molar-refractivity contribution is -0.147. The van der Waals surface area contributed by atoms with Gasteiger partial charge in [0.1, 0.15) is 12.3 Å². The molecule has 7 nitrogen and oxygen atoms in total. The normalized spacial score (nSPS) is 9.83. The molecule has 2 amide bonds. The van der Waals surface area contributed by atoms with Crippen molar-refractivity contribution in [3.63, 3.8) is 0 Å². The standard InChI is InChI=1S/C16H22N2O5/c1-3-4-9-17-14(19)11-23-15(20)10-18-16(21)12-7-5-6-8-13(12)22-2/h5-8H,3-4,9-11H2,1-2H3,(H,17,19)(H,18,21). The number of carbonyl (C=O) groups is 3. The summed E-state index contributed by atoms with van der Waals surface area (Å²) in [6.07, 6.45) is 1.84. The molecule has 0 radical (unpaired) electrons. The Bertz CT molecular complexity index is 545. The molecule has 23 heavy (non-hydrogen) atoms. The molecule has 126 valence electrons. The monoisotopic (exact) mass is 322 g/mol. The maximum atomic E-state index is 12.0. The number of ether oxygens (including phenoxy) is 2. The van der Waals surface area contributed by atoms with Gasteiger partial charge in [-0.2, -0.15) is 0 Å². The molecule has 0 unspecified atom stereocenters. The fourth-order valence-corrected chi connectivity index (χ4v) is 1.73. The van der Waals surface area contributed by atoms with Gasteiger partial charge in [-0.05, 0) is 18.6 Å². The largest absolute Gasteiger partial charge is 0.496 e. The van der Waals surface area contributed by atoms with Crippen molar-refractivity contribution in [1.82, 2.24) is 10.6 Å². The van der Waals surface area contributed by atoms with Gasteiger partial charge in [-0.1, -0.05) is 25.5 Å². The topological polar surface area (TPSA) is 93.7 Å². The molecular weight excluding hydrogens is 300 g/mol. The number of hydrogen-bond donors (Lipinski definition) is 2. The van der Waals surface area contributed by atoms with Gasteiger partial charge in [0.25, 0.3) is 11.8 Å². The number of carbonyl (C=O) groups excluding carboxylic acids is 3. The van der Waals surface area contributed by atoms with E-state index in [1.165, 1.54) is 7.11 Å². The zero-order valence-corrected chi connectivity index (χ0v) is 13.4. The number of para-hydroxylation sites is 1.